The quantitative estimate of drug-likeness (QED) is 0.702. The van der Waals surface area contributed by atoms with Gasteiger partial charge in [-0.1, -0.05) is 25.7 Å². The Balaban J connectivity index is 1.50. The lowest BCUT2D eigenvalue weighted by Gasteiger charge is -2.48. The Hall–Kier alpha value is -0.810. The summed E-state index contributed by atoms with van der Waals surface area (Å²) in [6, 6.07) is -0.0633. The minimum Gasteiger partial charge on any atom is -0.396 e. The highest BCUT2D eigenvalue weighted by Gasteiger charge is 2.42. The normalized spacial score (nSPS) is 26.5. The monoisotopic (exact) mass is 323 g/mol. The number of aliphatic hydroxyl groups is 1. The summed E-state index contributed by atoms with van der Waals surface area (Å²) in [6.07, 6.45) is 12.3. The molecule has 5 nitrogen and oxygen atoms in total. The predicted octanol–water partition coefficient (Wildman–Crippen LogP) is 2.25. The third-order valence-corrected chi connectivity index (χ3v) is 6.31. The standard InChI is InChI=1S/C18H33N3O2/c22-15-17(9-10-17)13-19-16(23)20-14-18(7-3-1-4-8-18)21-11-5-2-6-12-21/h22H,1-15H2,(H2,19,20,23). The van der Waals surface area contributed by atoms with Crippen molar-refractivity contribution in [3.05, 3.63) is 0 Å². The van der Waals surface area contributed by atoms with Crippen molar-refractivity contribution in [2.75, 3.05) is 32.8 Å². The molecule has 1 saturated heterocycles. The van der Waals surface area contributed by atoms with E-state index in [9.17, 15) is 9.90 Å². The van der Waals surface area contributed by atoms with Gasteiger partial charge in [0.2, 0.25) is 0 Å². The number of aliphatic hydroxyl groups excluding tert-OH is 1. The highest BCUT2D eigenvalue weighted by molar-refractivity contribution is 5.74. The topological polar surface area (TPSA) is 64.6 Å². The molecule has 0 bridgehead atoms. The van der Waals surface area contributed by atoms with Crippen LogP contribution in [0.3, 0.4) is 0 Å². The van der Waals surface area contributed by atoms with E-state index < -0.39 is 0 Å². The number of nitrogens with one attached hydrogen (secondary N) is 2. The maximum absolute atomic E-state index is 12.2. The van der Waals surface area contributed by atoms with E-state index in [0.717, 1.165) is 19.4 Å². The van der Waals surface area contributed by atoms with Crippen molar-refractivity contribution in [3.8, 4) is 0 Å². The number of rotatable bonds is 6. The van der Waals surface area contributed by atoms with E-state index in [4.69, 9.17) is 0 Å². The molecular weight excluding hydrogens is 290 g/mol. The van der Waals surface area contributed by atoms with Gasteiger partial charge in [0.1, 0.15) is 0 Å². The van der Waals surface area contributed by atoms with E-state index in [1.54, 1.807) is 0 Å². The molecule has 2 amide bonds. The Morgan fingerprint density at radius 1 is 0.870 bits per heavy atom. The zero-order valence-electron chi connectivity index (χ0n) is 14.4. The van der Waals surface area contributed by atoms with Gasteiger partial charge >= 0.3 is 6.03 Å². The summed E-state index contributed by atoms with van der Waals surface area (Å²) >= 11 is 0. The van der Waals surface area contributed by atoms with Crippen molar-refractivity contribution in [1.82, 2.24) is 15.5 Å². The van der Waals surface area contributed by atoms with Gasteiger partial charge < -0.3 is 15.7 Å². The van der Waals surface area contributed by atoms with Crippen LogP contribution in [0.5, 0.6) is 0 Å². The Labute approximate surface area is 140 Å². The summed E-state index contributed by atoms with van der Waals surface area (Å²) in [6.45, 7) is 3.94. The van der Waals surface area contributed by atoms with Crippen molar-refractivity contribution in [3.63, 3.8) is 0 Å². The molecule has 0 aromatic heterocycles. The van der Waals surface area contributed by atoms with E-state index in [1.807, 2.05) is 0 Å². The molecule has 0 unspecified atom stereocenters. The first kappa shape index (κ1) is 17.0. The van der Waals surface area contributed by atoms with E-state index in [1.165, 1.54) is 64.5 Å². The summed E-state index contributed by atoms with van der Waals surface area (Å²) < 4.78 is 0. The lowest BCUT2D eigenvalue weighted by Crippen LogP contribution is -2.59. The minimum atomic E-state index is -0.0633. The summed E-state index contributed by atoms with van der Waals surface area (Å²) in [5, 5.41) is 15.4. The molecule has 23 heavy (non-hydrogen) atoms. The van der Waals surface area contributed by atoms with Gasteiger partial charge in [-0.3, -0.25) is 4.90 Å². The van der Waals surface area contributed by atoms with Crippen molar-refractivity contribution in [1.29, 1.82) is 0 Å². The Kier molecular flexibility index (Phi) is 5.47. The Morgan fingerprint density at radius 3 is 2.09 bits per heavy atom. The molecule has 0 aromatic rings. The lowest BCUT2D eigenvalue weighted by atomic mass is 9.79. The van der Waals surface area contributed by atoms with E-state index in [-0.39, 0.29) is 23.6 Å². The van der Waals surface area contributed by atoms with Crippen LogP contribution in [0.4, 0.5) is 4.79 Å². The Morgan fingerprint density at radius 2 is 1.48 bits per heavy atom. The van der Waals surface area contributed by atoms with E-state index >= 15 is 0 Å². The first-order chi connectivity index (χ1) is 11.2. The van der Waals surface area contributed by atoms with Crippen molar-refractivity contribution < 1.29 is 9.90 Å². The second kappa shape index (κ2) is 7.39. The summed E-state index contributed by atoms with van der Waals surface area (Å²) in [4.78, 5) is 14.8. The van der Waals surface area contributed by atoms with Gasteiger partial charge in [0.15, 0.2) is 0 Å². The fraction of sp³-hybridized carbons (Fsp3) is 0.944. The largest absolute Gasteiger partial charge is 0.396 e. The second-order valence-corrected chi connectivity index (χ2v) is 8.03. The Bertz CT molecular complexity index is 397. The maximum atomic E-state index is 12.2. The molecule has 3 aliphatic rings. The average molecular weight is 323 g/mol. The summed E-state index contributed by atoms with van der Waals surface area (Å²) in [5.41, 5.74) is 0.164. The molecule has 5 heteroatoms. The molecule has 2 saturated carbocycles. The number of carbonyl (C=O) groups is 1. The van der Waals surface area contributed by atoms with Crippen LogP contribution in [0, 0.1) is 5.41 Å². The highest BCUT2D eigenvalue weighted by Crippen LogP contribution is 2.44. The zero-order valence-corrected chi connectivity index (χ0v) is 14.4. The molecular formula is C18H33N3O2. The first-order valence-electron chi connectivity index (χ1n) is 9.56. The van der Waals surface area contributed by atoms with Crippen LogP contribution in [0.25, 0.3) is 0 Å². The number of hydrogen-bond acceptors (Lipinski definition) is 3. The molecule has 0 aromatic carbocycles. The molecule has 3 fully saturated rings. The van der Waals surface area contributed by atoms with Gasteiger partial charge in [-0.25, -0.2) is 4.79 Å². The summed E-state index contributed by atoms with van der Waals surface area (Å²) in [5.74, 6) is 0. The lowest BCUT2D eigenvalue weighted by molar-refractivity contribution is 0.0354. The number of urea groups is 1. The number of carbonyl (C=O) groups excluding carboxylic acids is 1. The van der Waals surface area contributed by atoms with Crippen molar-refractivity contribution >= 4 is 6.03 Å². The first-order valence-corrected chi connectivity index (χ1v) is 9.56. The van der Waals surface area contributed by atoms with E-state index in [0.29, 0.717) is 6.54 Å². The zero-order chi connectivity index (χ0) is 16.2. The van der Waals surface area contributed by atoms with Gasteiger partial charge in [0.25, 0.3) is 0 Å². The van der Waals surface area contributed by atoms with Crippen molar-refractivity contribution in [2.24, 2.45) is 5.41 Å². The minimum absolute atomic E-state index is 0.0211. The third-order valence-electron chi connectivity index (χ3n) is 6.31. The van der Waals surface area contributed by atoms with Crippen LogP contribution in [-0.4, -0.2) is 54.4 Å². The molecule has 132 valence electrons. The highest BCUT2D eigenvalue weighted by atomic mass is 16.3. The predicted molar refractivity (Wildman–Crippen MR) is 91.4 cm³/mol. The molecule has 0 atom stereocenters. The number of likely N-dealkylation sites (tertiary alicyclic amines) is 1. The molecule has 0 radical (unpaired) electrons. The molecule has 3 N–H and O–H groups in total. The molecule has 1 aliphatic heterocycles. The van der Waals surface area contributed by atoms with Gasteiger partial charge in [-0.05, 0) is 51.6 Å². The number of amides is 2. The number of piperidine rings is 1. The molecule has 2 aliphatic carbocycles. The van der Waals surface area contributed by atoms with Crippen LogP contribution in [0.15, 0.2) is 0 Å². The van der Waals surface area contributed by atoms with Gasteiger partial charge in [0, 0.05) is 24.0 Å². The second-order valence-electron chi connectivity index (χ2n) is 8.03. The third kappa shape index (κ3) is 4.18. The SMILES string of the molecule is O=C(NCC1(CO)CC1)NCC1(N2CCCCC2)CCCCC1. The smallest absolute Gasteiger partial charge is 0.314 e. The average Bonchev–Trinajstić information content (AvgIpc) is 3.40. The number of hydrogen-bond donors (Lipinski definition) is 3. The van der Waals surface area contributed by atoms with Crippen LogP contribution >= 0.6 is 0 Å². The van der Waals surface area contributed by atoms with Crippen LogP contribution in [0.1, 0.15) is 64.2 Å². The van der Waals surface area contributed by atoms with Gasteiger partial charge in [-0.15, -0.1) is 0 Å². The molecule has 0 spiro atoms. The van der Waals surface area contributed by atoms with Crippen LogP contribution in [-0.2, 0) is 0 Å². The molecule has 3 rings (SSSR count). The fourth-order valence-electron chi connectivity index (χ4n) is 4.33. The van der Waals surface area contributed by atoms with Crippen LogP contribution in [0.2, 0.25) is 0 Å². The van der Waals surface area contributed by atoms with E-state index in [2.05, 4.69) is 15.5 Å². The summed E-state index contributed by atoms with van der Waals surface area (Å²) in [7, 11) is 0. The van der Waals surface area contributed by atoms with Gasteiger partial charge in [0.05, 0.1) is 6.61 Å². The molecule has 1 heterocycles. The van der Waals surface area contributed by atoms with Gasteiger partial charge in [-0.2, -0.15) is 0 Å². The van der Waals surface area contributed by atoms with Crippen LogP contribution < -0.4 is 10.6 Å². The number of nitrogens with zero attached hydrogens (tertiary/aromatic N) is 1. The maximum Gasteiger partial charge on any atom is 0.314 e. The van der Waals surface area contributed by atoms with Crippen molar-refractivity contribution in [2.45, 2.75) is 69.7 Å². The fourth-order valence-corrected chi connectivity index (χ4v) is 4.33.